The Morgan fingerprint density at radius 2 is 2.19 bits per heavy atom. The number of hydrogen-bond donors (Lipinski definition) is 1. The summed E-state index contributed by atoms with van der Waals surface area (Å²) >= 11 is 1.78. The highest BCUT2D eigenvalue weighted by Crippen LogP contribution is 2.29. The van der Waals surface area contributed by atoms with E-state index in [-0.39, 0.29) is 6.61 Å². The molecule has 86 valence electrons. The smallest absolute Gasteiger partial charge is 0.0964 e. The number of benzene rings is 1. The summed E-state index contributed by atoms with van der Waals surface area (Å²) in [5.41, 5.74) is 2.39. The van der Waals surface area contributed by atoms with Gasteiger partial charge < -0.3 is 5.11 Å². The summed E-state index contributed by atoms with van der Waals surface area (Å²) in [4.78, 5) is 4.70. The Labute approximate surface area is 100.0 Å². The Balaban J connectivity index is 2.41. The predicted octanol–water partition coefficient (Wildman–Crippen LogP) is 3.34. The third-order valence-electron chi connectivity index (χ3n) is 2.62. The summed E-state index contributed by atoms with van der Waals surface area (Å²) in [5, 5.41) is 10.1. The van der Waals surface area contributed by atoms with Gasteiger partial charge in [-0.1, -0.05) is 26.0 Å². The van der Waals surface area contributed by atoms with Crippen molar-refractivity contribution in [2.45, 2.75) is 32.6 Å². The van der Waals surface area contributed by atoms with Crippen LogP contribution in [-0.2, 0) is 6.42 Å². The zero-order valence-electron chi connectivity index (χ0n) is 9.73. The average molecular weight is 235 g/mol. The Kier molecular flexibility index (Phi) is 3.56. The molecule has 0 aliphatic heterocycles. The maximum Gasteiger partial charge on any atom is 0.0964 e. The van der Waals surface area contributed by atoms with E-state index in [4.69, 9.17) is 10.1 Å². The van der Waals surface area contributed by atoms with Crippen molar-refractivity contribution in [2.24, 2.45) is 0 Å². The lowest BCUT2D eigenvalue weighted by Gasteiger charge is -2.00. The molecule has 1 aromatic heterocycles. The first-order valence-electron chi connectivity index (χ1n) is 5.71. The second kappa shape index (κ2) is 4.93. The van der Waals surface area contributed by atoms with E-state index in [2.05, 4.69) is 32.0 Å². The first-order valence-corrected chi connectivity index (χ1v) is 6.53. The second-order valence-corrected chi connectivity index (χ2v) is 5.36. The maximum atomic E-state index is 8.88. The zero-order chi connectivity index (χ0) is 11.5. The number of nitrogens with zero attached hydrogens (tertiary/aromatic N) is 1. The quantitative estimate of drug-likeness (QED) is 0.881. The fourth-order valence-electron chi connectivity index (χ4n) is 1.74. The molecule has 0 atom stereocenters. The van der Waals surface area contributed by atoms with Gasteiger partial charge in [-0.2, -0.15) is 0 Å². The number of hydrogen-bond acceptors (Lipinski definition) is 3. The van der Waals surface area contributed by atoms with Crippen LogP contribution in [0.15, 0.2) is 18.2 Å². The van der Waals surface area contributed by atoms with Crippen LogP contribution in [0.3, 0.4) is 0 Å². The van der Waals surface area contributed by atoms with Crippen LogP contribution in [0.1, 0.15) is 36.8 Å². The van der Waals surface area contributed by atoms with Gasteiger partial charge in [0.2, 0.25) is 0 Å². The molecule has 2 rings (SSSR count). The van der Waals surface area contributed by atoms with Gasteiger partial charge in [-0.05, 0) is 24.5 Å². The van der Waals surface area contributed by atoms with Gasteiger partial charge in [0.25, 0.3) is 0 Å². The van der Waals surface area contributed by atoms with Crippen LogP contribution in [0.4, 0.5) is 0 Å². The van der Waals surface area contributed by atoms with Gasteiger partial charge in [0, 0.05) is 12.5 Å². The molecule has 3 heteroatoms. The molecule has 2 nitrogen and oxygen atoms in total. The fourth-order valence-corrected chi connectivity index (χ4v) is 2.76. The van der Waals surface area contributed by atoms with E-state index in [9.17, 15) is 0 Å². The number of aromatic nitrogens is 1. The summed E-state index contributed by atoms with van der Waals surface area (Å²) in [7, 11) is 0. The molecule has 0 radical (unpaired) electrons. The zero-order valence-corrected chi connectivity index (χ0v) is 10.5. The standard InChI is InChI=1S/C13H17NOS/c1-9(2)13-14-12-10(6-4-8-15)5-3-7-11(12)16-13/h3,5,7,9,15H,4,6,8H2,1-2H3. The van der Waals surface area contributed by atoms with Crippen molar-refractivity contribution in [3.05, 3.63) is 28.8 Å². The number of thiazole rings is 1. The molecule has 2 aromatic rings. The van der Waals surface area contributed by atoms with E-state index in [1.165, 1.54) is 15.3 Å². The van der Waals surface area contributed by atoms with Gasteiger partial charge in [-0.25, -0.2) is 4.98 Å². The van der Waals surface area contributed by atoms with Crippen LogP contribution in [0.2, 0.25) is 0 Å². The molecular weight excluding hydrogens is 218 g/mol. The first kappa shape index (κ1) is 11.6. The highest BCUT2D eigenvalue weighted by molar-refractivity contribution is 7.18. The Bertz CT molecular complexity index is 476. The van der Waals surface area contributed by atoms with Gasteiger partial charge in [-0.15, -0.1) is 11.3 Å². The molecule has 0 amide bonds. The molecule has 1 N–H and O–H groups in total. The highest BCUT2D eigenvalue weighted by atomic mass is 32.1. The molecule has 16 heavy (non-hydrogen) atoms. The number of aryl methyl sites for hydroxylation is 1. The van der Waals surface area contributed by atoms with Crippen LogP contribution in [0, 0.1) is 0 Å². The van der Waals surface area contributed by atoms with Crippen molar-refractivity contribution in [2.75, 3.05) is 6.61 Å². The van der Waals surface area contributed by atoms with E-state index in [0.29, 0.717) is 5.92 Å². The van der Waals surface area contributed by atoms with Crippen molar-refractivity contribution >= 4 is 21.6 Å². The minimum absolute atomic E-state index is 0.248. The van der Waals surface area contributed by atoms with E-state index < -0.39 is 0 Å². The largest absolute Gasteiger partial charge is 0.396 e. The molecule has 0 spiro atoms. The number of para-hydroxylation sites is 1. The normalized spacial score (nSPS) is 11.5. The number of fused-ring (bicyclic) bond motifs is 1. The SMILES string of the molecule is CC(C)c1nc2c(CCCO)cccc2s1. The monoisotopic (exact) mass is 235 g/mol. The van der Waals surface area contributed by atoms with Crippen molar-refractivity contribution in [1.29, 1.82) is 0 Å². The van der Waals surface area contributed by atoms with Gasteiger partial charge in [0.05, 0.1) is 15.2 Å². The molecular formula is C13H17NOS. The lowest BCUT2D eigenvalue weighted by molar-refractivity contribution is 0.289. The van der Waals surface area contributed by atoms with Gasteiger partial charge in [0.1, 0.15) is 0 Å². The average Bonchev–Trinajstić information content (AvgIpc) is 2.70. The minimum atomic E-state index is 0.248. The summed E-state index contributed by atoms with van der Waals surface area (Å²) in [5.74, 6) is 0.489. The van der Waals surface area contributed by atoms with Crippen LogP contribution in [0.25, 0.3) is 10.2 Å². The molecule has 0 saturated carbocycles. The molecule has 0 bridgehead atoms. The molecule has 0 fully saturated rings. The molecule has 1 aromatic carbocycles. The van der Waals surface area contributed by atoms with Gasteiger partial charge in [0.15, 0.2) is 0 Å². The summed E-state index contributed by atoms with van der Waals surface area (Å²) in [6, 6.07) is 6.32. The van der Waals surface area contributed by atoms with Crippen LogP contribution in [-0.4, -0.2) is 16.7 Å². The topological polar surface area (TPSA) is 33.1 Å². The molecule has 1 heterocycles. The van der Waals surface area contributed by atoms with E-state index in [0.717, 1.165) is 18.4 Å². The van der Waals surface area contributed by atoms with Gasteiger partial charge >= 0.3 is 0 Å². The van der Waals surface area contributed by atoms with Crippen molar-refractivity contribution < 1.29 is 5.11 Å². The Hall–Kier alpha value is -0.930. The van der Waals surface area contributed by atoms with Gasteiger partial charge in [-0.3, -0.25) is 0 Å². The van der Waals surface area contributed by atoms with Crippen molar-refractivity contribution in [3.63, 3.8) is 0 Å². The second-order valence-electron chi connectivity index (χ2n) is 4.30. The van der Waals surface area contributed by atoms with E-state index in [1.54, 1.807) is 11.3 Å². The lowest BCUT2D eigenvalue weighted by Crippen LogP contribution is -1.91. The Morgan fingerprint density at radius 3 is 2.88 bits per heavy atom. The maximum absolute atomic E-state index is 8.88. The highest BCUT2D eigenvalue weighted by Gasteiger charge is 2.09. The van der Waals surface area contributed by atoms with Crippen LogP contribution >= 0.6 is 11.3 Å². The van der Waals surface area contributed by atoms with Crippen molar-refractivity contribution in [1.82, 2.24) is 4.98 Å². The molecule has 0 aliphatic carbocycles. The van der Waals surface area contributed by atoms with Crippen molar-refractivity contribution in [3.8, 4) is 0 Å². The number of aliphatic hydroxyl groups is 1. The number of rotatable bonds is 4. The third kappa shape index (κ3) is 2.25. The lowest BCUT2D eigenvalue weighted by atomic mass is 10.1. The summed E-state index contributed by atoms with van der Waals surface area (Å²) in [6.07, 6.45) is 1.72. The summed E-state index contributed by atoms with van der Waals surface area (Å²) < 4.78 is 1.26. The third-order valence-corrected chi connectivity index (χ3v) is 3.94. The van der Waals surface area contributed by atoms with Crippen LogP contribution < -0.4 is 0 Å². The fraction of sp³-hybridized carbons (Fsp3) is 0.462. The van der Waals surface area contributed by atoms with E-state index >= 15 is 0 Å². The Morgan fingerprint density at radius 1 is 1.38 bits per heavy atom. The van der Waals surface area contributed by atoms with Crippen LogP contribution in [0.5, 0.6) is 0 Å². The first-order chi connectivity index (χ1) is 7.72. The molecule has 0 saturated heterocycles. The number of aliphatic hydroxyl groups excluding tert-OH is 1. The predicted molar refractivity (Wildman–Crippen MR) is 69.1 cm³/mol. The molecule has 0 unspecified atom stereocenters. The summed E-state index contributed by atoms with van der Waals surface area (Å²) in [6.45, 7) is 4.59. The minimum Gasteiger partial charge on any atom is -0.396 e. The van der Waals surface area contributed by atoms with E-state index in [1.807, 2.05) is 0 Å². The molecule has 0 aliphatic rings.